The van der Waals surface area contributed by atoms with Crippen LogP contribution in [0.25, 0.3) is 0 Å². The molecule has 4 nitrogen and oxygen atoms in total. The number of hydrogen-bond donors (Lipinski definition) is 1. The molecule has 1 aromatic rings. The smallest absolute Gasteiger partial charge is 0.226 e. The van der Waals surface area contributed by atoms with Gasteiger partial charge in [-0.1, -0.05) is 19.1 Å². The molecule has 1 atom stereocenters. The Kier molecular flexibility index (Phi) is 4.97. The SMILES string of the molecule is COc1ccc(CN(C)C(=O)C(C)CN)cc1. The molecule has 0 bridgehead atoms. The van der Waals surface area contributed by atoms with Crippen LogP contribution in [-0.4, -0.2) is 31.5 Å². The molecule has 1 amide bonds. The van der Waals surface area contributed by atoms with Crippen molar-refractivity contribution >= 4 is 5.91 Å². The number of nitrogens with two attached hydrogens (primary N) is 1. The lowest BCUT2D eigenvalue weighted by Crippen LogP contribution is -2.34. The second kappa shape index (κ2) is 6.25. The first-order valence-electron chi connectivity index (χ1n) is 5.66. The quantitative estimate of drug-likeness (QED) is 0.837. The van der Waals surface area contributed by atoms with Gasteiger partial charge in [0.2, 0.25) is 5.91 Å². The number of hydrogen-bond acceptors (Lipinski definition) is 3. The zero-order chi connectivity index (χ0) is 12.8. The van der Waals surface area contributed by atoms with Gasteiger partial charge < -0.3 is 15.4 Å². The first-order chi connectivity index (χ1) is 8.08. The summed E-state index contributed by atoms with van der Waals surface area (Å²) >= 11 is 0. The number of benzene rings is 1. The number of ether oxygens (including phenoxy) is 1. The highest BCUT2D eigenvalue weighted by atomic mass is 16.5. The zero-order valence-corrected chi connectivity index (χ0v) is 10.6. The normalized spacial score (nSPS) is 12.0. The van der Waals surface area contributed by atoms with Gasteiger partial charge in [-0.2, -0.15) is 0 Å². The van der Waals surface area contributed by atoms with Gasteiger partial charge in [-0.05, 0) is 17.7 Å². The van der Waals surface area contributed by atoms with E-state index < -0.39 is 0 Å². The molecule has 0 aliphatic heterocycles. The first kappa shape index (κ1) is 13.5. The van der Waals surface area contributed by atoms with Gasteiger partial charge in [0.05, 0.1) is 7.11 Å². The van der Waals surface area contributed by atoms with Crippen LogP contribution in [0.1, 0.15) is 12.5 Å². The predicted molar refractivity (Wildman–Crippen MR) is 67.7 cm³/mol. The molecule has 0 aliphatic carbocycles. The van der Waals surface area contributed by atoms with Crippen LogP contribution in [0.2, 0.25) is 0 Å². The monoisotopic (exact) mass is 236 g/mol. The number of carbonyl (C=O) groups is 1. The molecule has 0 aromatic heterocycles. The summed E-state index contributed by atoms with van der Waals surface area (Å²) in [6.45, 7) is 2.81. The van der Waals surface area contributed by atoms with Crippen LogP contribution in [-0.2, 0) is 11.3 Å². The lowest BCUT2D eigenvalue weighted by Gasteiger charge is -2.20. The van der Waals surface area contributed by atoms with Crippen LogP contribution < -0.4 is 10.5 Å². The third kappa shape index (κ3) is 3.75. The van der Waals surface area contributed by atoms with Gasteiger partial charge in [0.15, 0.2) is 0 Å². The van der Waals surface area contributed by atoms with Crippen LogP contribution >= 0.6 is 0 Å². The van der Waals surface area contributed by atoms with Gasteiger partial charge in [-0.25, -0.2) is 0 Å². The second-order valence-electron chi connectivity index (χ2n) is 4.18. The van der Waals surface area contributed by atoms with Crippen molar-refractivity contribution in [2.24, 2.45) is 11.7 Å². The van der Waals surface area contributed by atoms with E-state index in [9.17, 15) is 4.79 Å². The molecule has 1 aromatic carbocycles. The lowest BCUT2D eigenvalue weighted by molar-refractivity contribution is -0.133. The average molecular weight is 236 g/mol. The molecule has 0 saturated heterocycles. The van der Waals surface area contributed by atoms with Gasteiger partial charge >= 0.3 is 0 Å². The second-order valence-corrected chi connectivity index (χ2v) is 4.18. The van der Waals surface area contributed by atoms with E-state index in [4.69, 9.17) is 10.5 Å². The van der Waals surface area contributed by atoms with Gasteiger partial charge in [-0.3, -0.25) is 4.79 Å². The Labute approximate surface area is 102 Å². The third-order valence-electron chi connectivity index (χ3n) is 2.73. The molecule has 0 fully saturated rings. The van der Waals surface area contributed by atoms with Crippen molar-refractivity contribution < 1.29 is 9.53 Å². The van der Waals surface area contributed by atoms with Gasteiger partial charge in [0.1, 0.15) is 5.75 Å². The standard InChI is InChI=1S/C13H20N2O2/c1-10(8-14)13(16)15(2)9-11-4-6-12(17-3)7-5-11/h4-7,10H,8-9,14H2,1-3H3. The molecule has 0 heterocycles. The minimum Gasteiger partial charge on any atom is -0.497 e. The van der Waals surface area contributed by atoms with Crippen molar-refractivity contribution in [2.45, 2.75) is 13.5 Å². The minimum absolute atomic E-state index is 0.0725. The largest absolute Gasteiger partial charge is 0.497 e. The summed E-state index contributed by atoms with van der Waals surface area (Å²) in [5.74, 6) is 0.764. The fraction of sp³-hybridized carbons (Fsp3) is 0.462. The zero-order valence-electron chi connectivity index (χ0n) is 10.6. The Balaban J connectivity index is 2.61. The first-order valence-corrected chi connectivity index (χ1v) is 5.66. The molecule has 0 radical (unpaired) electrons. The van der Waals surface area contributed by atoms with E-state index in [1.807, 2.05) is 31.2 Å². The van der Waals surface area contributed by atoms with Crippen molar-refractivity contribution in [3.05, 3.63) is 29.8 Å². The van der Waals surface area contributed by atoms with Crippen LogP contribution in [0.15, 0.2) is 24.3 Å². The summed E-state index contributed by atoms with van der Waals surface area (Å²) in [7, 11) is 3.42. The summed E-state index contributed by atoms with van der Waals surface area (Å²) in [6, 6.07) is 7.69. The summed E-state index contributed by atoms with van der Waals surface area (Å²) in [5.41, 5.74) is 6.55. The number of carbonyl (C=O) groups excluding carboxylic acids is 1. The molecule has 1 unspecified atom stereocenters. The van der Waals surface area contributed by atoms with E-state index in [-0.39, 0.29) is 11.8 Å². The van der Waals surface area contributed by atoms with E-state index in [2.05, 4.69) is 0 Å². The summed E-state index contributed by atoms with van der Waals surface area (Å²) in [6.07, 6.45) is 0. The molecular weight excluding hydrogens is 216 g/mol. The third-order valence-corrected chi connectivity index (χ3v) is 2.73. The molecule has 4 heteroatoms. The highest BCUT2D eigenvalue weighted by molar-refractivity contribution is 5.78. The molecular formula is C13H20N2O2. The van der Waals surface area contributed by atoms with Crippen LogP contribution in [0.3, 0.4) is 0 Å². The molecule has 1 rings (SSSR count). The topological polar surface area (TPSA) is 55.6 Å². The van der Waals surface area contributed by atoms with Gasteiger partial charge in [0.25, 0.3) is 0 Å². The van der Waals surface area contributed by atoms with E-state index in [1.165, 1.54) is 0 Å². The number of methoxy groups -OCH3 is 1. The van der Waals surface area contributed by atoms with Crippen molar-refractivity contribution in [2.75, 3.05) is 20.7 Å². The van der Waals surface area contributed by atoms with Crippen LogP contribution in [0.4, 0.5) is 0 Å². The molecule has 17 heavy (non-hydrogen) atoms. The molecule has 94 valence electrons. The van der Waals surface area contributed by atoms with Crippen molar-refractivity contribution in [3.63, 3.8) is 0 Å². The fourth-order valence-corrected chi connectivity index (χ4v) is 1.56. The highest BCUT2D eigenvalue weighted by Gasteiger charge is 2.15. The molecule has 0 aliphatic rings. The number of rotatable bonds is 5. The van der Waals surface area contributed by atoms with Crippen molar-refractivity contribution in [1.82, 2.24) is 4.90 Å². The maximum absolute atomic E-state index is 11.8. The minimum atomic E-state index is -0.127. The Morgan fingerprint density at radius 2 is 2.00 bits per heavy atom. The Morgan fingerprint density at radius 1 is 1.41 bits per heavy atom. The Morgan fingerprint density at radius 3 is 2.47 bits per heavy atom. The van der Waals surface area contributed by atoms with E-state index in [0.29, 0.717) is 13.1 Å². The van der Waals surface area contributed by atoms with Gasteiger partial charge in [-0.15, -0.1) is 0 Å². The van der Waals surface area contributed by atoms with Crippen LogP contribution in [0.5, 0.6) is 5.75 Å². The Hall–Kier alpha value is -1.55. The van der Waals surface area contributed by atoms with E-state index >= 15 is 0 Å². The number of nitrogens with zero attached hydrogens (tertiary/aromatic N) is 1. The molecule has 0 saturated carbocycles. The molecule has 0 spiro atoms. The number of amides is 1. The fourth-order valence-electron chi connectivity index (χ4n) is 1.56. The summed E-state index contributed by atoms with van der Waals surface area (Å²) < 4.78 is 5.08. The molecule has 2 N–H and O–H groups in total. The van der Waals surface area contributed by atoms with Crippen molar-refractivity contribution in [3.8, 4) is 5.75 Å². The summed E-state index contributed by atoms with van der Waals surface area (Å²) in [5, 5.41) is 0. The maximum Gasteiger partial charge on any atom is 0.226 e. The van der Waals surface area contributed by atoms with Gasteiger partial charge in [0, 0.05) is 26.1 Å². The average Bonchev–Trinajstić information content (AvgIpc) is 2.37. The summed E-state index contributed by atoms with van der Waals surface area (Å²) in [4.78, 5) is 13.5. The van der Waals surface area contributed by atoms with E-state index in [0.717, 1.165) is 11.3 Å². The van der Waals surface area contributed by atoms with Crippen molar-refractivity contribution in [1.29, 1.82) is 0 Å². The van der Waals surface area contributed by atoms with Crippen LogP contribution in [0, 0.1) is 5.92 Å². The lowest BCUT2D eigenvalue weighted by atomic mass is 10.1. The van der Waals surface area contributed by atoms with E-state index in [1.54, 1.807) is 19.1 Å². The predicted octanol–water partition coefficient (Wildman–Crippen LogP) is 1.25. The highest BCUT2D eigenvalue weighted by Crippen LogP contribution is 2.13. The maximum atomic E-state index is 11.8. The Bertz CT molecular complexity index is 362.